The van der Waals surface area contributed by atoms with Crippen molar-refractivity contribution in [1.82, 2.24) is 4.90 Å². The highest BCUT2D eigenvalue weighted by Crippen LogP contribution is 2.42. The fourth-order valence-corrected chi connectivity index (χ4v) is 4.00. The summed E-state index contributed by atoms with van der Waals surface area (Å²) in [5, 5.41) is 11.1. The molecule has 1 saturated heterocycles. The zero-order chi connectivity index (χ0) is 22.7. The van der Waals surface area contributed by atoms with Crippen molar-refractivity contribution in [2.24, 2.45) is 0 Å². The van der Waals surface area contributed by atoms with Gasteiger partial charge in [-0.3, -0.25) is 9.59 Å². The van der Waals surface area contributed by atoms with E-state index >= 15 is 0 Å². The Morgan fingerprint density at radius 2 is 1.81 bits per heavy atom. The van der Waals surface area contributed by atoms with Gasteiger partial charge in [-0.15, -0.1) is 0 Å². The number of aliphatic hydroxyl groups excluding tert-OH is 1. The third-order valence-corrected chi connectivity index (χ3v) is 6.34. The molecule has 6 nitrogen and oxygen atoms in total. The predicted molar refractivity (Wildman–Crippen MR) is 122 cm³/mol. The number of hydrogen-bond donors (Lipinski definition) is 1. The van der Waals surface area contributed by atoms with Gasteiger partial charge in [0, 0.05) is 16.6 Å². The van der Waals surface area contributed by atoms with Crippen molar-refractivity contribution in [3.05, 3.63) is 63.1 Å². The van der Waals surface area contributed by atoms with Gasteiger partial charge in [-0.25, -0.2) is 0 Å². The van der Waals surface area contributed by atoms with Crippen LogP contribution < -0.4 is 9.47 Å². The summed E-state index contributed by atoms with van der Waals surface area (Å²) in [6, 6.07) is 9.87. The summed E-state index contributed by atoms with van der Waals surface area (Å²) < 4.78 is 11.6. The molecule has 1 unspecified atom stereocenters. The van der Waals surface area contributed by atoms with Gasteiger partial charge < -0.3 is 19.5 Å². The van der Waals surface area contributed by atoms with E-state index in [1.807, 2.05) is 19.9 Å². The van der Waals surface area contributed by atoms with Crippen LogP contribution in [0.15, 0.2) is 46.4 Å². The zero-order valence-electron chi connectivity index (χ0n) is 18.1. The number of unbranched alkanes of at least 4 members (excludes halogenated alkanes) is 1. The fraction of sp³-hybridized carbons (Fsp3) is 0.333. The van der Waals surface area contributed by atoms with Gasteiger partial charge in [0.15, 0.2) is 11.5 Å². The van der Waals surface area contributed by atoms with E-state index in [2.05, 4.69) is 15.9 Å². The molecule has 0 aliphatic carbocycles. The first-order chi connectivity index (χ1) is 14.8. The van der Waals surface area contributed by atoms with E-state index in [-0.39, 0.29) is 11.3 Å². The molecular formula is C24H26BrNO5. The molecule has 3 rings (SSSR count). The molecule has 1 atom stereocenters. The number of benzene rings is 2. The number of carbonyl (C=O) groups is 2. The molecule has 2 aromatic carbocycles. The van der Waals surface area contributed by atoms with E-state index < -0.39 is 17.7 Å². The molecule has 0 bridgehead atoms. The molecule has 7 heteroatoms. The molecular weight excluding hydrogens is 462 g/mol. The number of hydrogen-bond acceptors (Lipinski definition) is 5. The van der Waals surface area contributed by atoms with Crippen molar-refractivity contribution in [1.29, 1.82) is 0 Å². The van der Waals surface area contributed by atoms with Crippen LogP contribution in [0.3, 0.4) is 0 Å². The lowest BCUT2D eigenvalue weighted by Gasteiger charge is -2.26. The number of methoxy groups -OCH3 is 2. The second-order valence-corrected chi connectivity index (χ2v) is 8.28. The maximum atomic E-state index is 13.0. The number of ketones is 1. The summed E-state index contributed by atoms with van der Waals surface area (Å²) in [7, 11) is 3.07. The average molecular weight is 488 g/mol. The molecule has 0 spiro atoms. The Kier molecular flexibility index (Phi) is 7.05. The molecule has 1 aliphatic rings. The first-order valence-corrected chi connectivity index (χ1v) is 10.9. The maximum absolute atomic E-state index is 13.0. The number of nitrogens with zero attached hydrogens (tertiary/aromatic N) is 1. The SMILES string of the molecule is CCCCN1C(=O)C(=O)/C(=C(\O)c2ccc(Br)c(C)c2)C1c1ccc(OC)c(OC)c1. The van der Waals surface area contributed by atoms with Crippen LogP contribution in [0, 0.1) is 6.92 Å². The van der Waals surface area contributed by atoms with Crippen molar-refractivity contribution in [3.8, 4) is 11.5 Å². The summed E-state index contributed by atoms with van der Waals surface area (Å²) in [5.41, 5.74) is 2.14. The maximum Gasteiger partial charge on any atom is 0.295 e. The van der Waals surface area contributed by atoms with Gasteiger partial charge in [0.1, 0.15) is 5.76 Å². The number of halogens is 1. The highest BCUT2D eigenvalue weighted by molar-refractivity contribution is 9.10. The van der Waals surface area contributed by atoms with Crippen LogP contribution in [0.1, 0.15) is 42.5 Å². The van der Waals surface area contributed by atoms with E-state index in [9.17, 15) is 14.7 Å². The van der Waals surface area contributed by atoms with Gasteiger partial charge >= 0.3 is 0 Å². The Hall–Kier alpha value is -2.80. The minimum Gasteiger partial charge on any atom is -0.507 e. The van der Waals surface area contributed by atoms with E-state index in [1.165, 1.54) is 12.0 Å². The minimum absolute atomic E-state index is 0.0787. The lowest BCUT2D eigenvalue weighted by atomic mass is 9.94. The number of aliphatic hydroxyl groups is 1. The summed E-state index contributed by atoms with van der Waals surface area (Å²) in [6.07, 6.45) is 1.61. The summed E-state index contributed by atoms with van der Waals surface area (Å²) in [6.45, 7) is 4.33. The van der Waals surface area contributed by atoms with Gasteiger partial charge in [-0.2, -0.15) is 0 Å². The molecule has 1 aliphatic heterocycles. The monoisotopic (exact) mass is 487 g/mol. The third-order valence-electron chi connectivity index (χ3n) is 5.45. The first-order valence-electron chi connectivity index (χ1n) is 10.1. The van der Waals surface area contributed by atoms with E-state index in [1.54, 1.807) is 37.4 Å². The van der Waals surface area contributed by atoms with Crippen LogP contribution in [0.2, 0.25) is 0 Å². The Morgan fingerprint density at radius 3 is 2.42 bits per heavy atom. The number of rotatable bonds is 7. The summed E-state index contributed by atoms with van der Waals surface area (Å²) in [4.78, 5) is 27.5. The summed E-state index contributed by atoms with van der Waals surface area (Å²) >= 11 is 3.45. The Labute approximate surface area is 190 Å². The van der Waals surface area contributed by atoms with Gasteiger partial charge in [-0.05, 0) is 48.7 Å². The third kappa shape index (κ3) is 4.32. The zero-order valence-corrected chi connectivity index (χ0v) is 19.7. The number of amides is 1. The highest BCUT2D eigenvalue weighted by atomic mass is 79.9. The average Bonchev–Trinajstić information content (AvgIpc) is 3.03. The smallest absolute Gasteiger partial charge is 0.295 e. The fourth-order valence-electron chi connectivity index (χ4n) is 3.76. The Balaban J connectivity index is 2.21. The van der Waals surface area contributed by atoms with Crippen molar-refractivity contribution in [2.45, 2.75) is 32.7 Å². The van der Waals surface area contributed by atoms with Gasteiger partial charge in [-0.1, -0.05) is 41.4 Å². The van der Waals surface area contributed by atoms with Crippen LogP contribution >= 0.6 is 15.9 Å². The standard InChI is InChI=1S/C24H26BrNO5/c1-5-6-11-26-21(15-8-10-18(30-3)19(13-15)31-4)20(23(28)24(26)29)22(27)16-7-9-17(25)14(2)12-16/h7-10,12-13,21,27H,5-6,11H2,1-4H3/b22-20-. The molecule has 0 radical (unpaired) electrons. The Morgan fingerprint density at radius 1 is 1.10 bits per heavy atom. The first kappa shape index (κ1) is 22.9. The molecule has 31 heavy (non-hydrogen) atoms. The molecule has 0 saturated carbocycles. The number of carbonyl (C=O) groups excluding carboxylic acids is 2. The normalized spacial score (nSPS) is 17.8. The van der Waals surface area contributed by atoms with Crippen LogP contribution in [0.5, 0.6) is 11.5 Å². The number of Topliss-reactive ketones (excluding diaryl/α,β-unsaturated/α-hetero) is 1. The van der Waals surface area contributed by atoms with Crippen LogP contribution in [-0.4, -0.2) is 42.5 Å². The van der Waals surface area contributed by atoms with Crippen molar-refractivity contribution in [3.63, 3.8) is 0 Å². The Bertz CT molecular complexity index is 1050. The van der Waals surface area contributed by atoms with Crippen molar-refractivity contribution >= 4 is 33.4 Å². The molecule has 164 valence electrons. The minimum atomic E-state index is -0.713. The van der Waals surface area contributed by atoms with Crippen LogP contribution in [0.4, 0.5) is 0 Å². The van der Waals surface area contributed by atoms with Gasteiger partial charge in [0.25, 0.3) is 11.7 Å². The van der Waals surface area contributed by atoms with Crippen molar-refractivity contribution < 1.29 is 24.2 Å². The molecule has 1 fully saturated rings. The van der Waals surface area contributed by atoms with Crippen molar-refractivity contribution in [2.75, 3.05) is 20.8 Å². The lowest BCUT2D eigenvalue weighted by molar-refractivity contribution is -0.139. The second kappa shape index (κ2) is 9.56. The molecule has 0 aromatic heterocycles. The number of ether oxygens (including phenoxy) is 2. The summed E-state index contributed by atoms with van der Waals surface area (Å²) in [5.74, 6) is -0.453. The number of aryl methyl sites for hydroxylation is 1. The topological polar surface area (TPSA) is 76.1 Å². The predicted octanol–water partition coefficient (Wildman–Crippen LogP) is 5.00. The molecule has 1 amide bonds. The highest BCUT2D eigenvalue weighted by Gasteiger charge is 2.46. The van der Waals surface area contributed by atoms with E-state index in [0.717, 1.165) is 22.9 Å². The number of likely N-dealkylation sites (tertiary alicyclic amines) is 1. The molecule has 1 heterocycles. The van der Waals surface area contributed by atoms with Gasteiger partial charge in [0.05, 0.1) is 25.8 Å². The lowest BCUT2D eigenvalue weighted by Crippen LogP contribution is -2.30. The van der Waals surface area contributed by atoms with Crippen LogP contribution in [-0.2, 0) is 9.59 Å². The quantitative estimate of drug-likeness (QED) is 0.338. The molecule has 1 N–H and O–H groups in total. The van der Waals surface area contributed by atoms with Crippen LogP contribution in [0.25, 0.3) is 5.76 Å². The van der Waals surface area contributed by atoms with Gasteiger partial charge in [0.2, 0.25) is 0 Å². The molecule has 2 aromatic rings. The second-order valence-electron chi connectivity index (χ2n) is 7.42. The largest absolute Gasteiger partial charge is 0.507 e. The van der Waals surface area contributed by atoms with E-state index in [0.29, 0.717) is 29.2 Å². The van der Waals surface area contributed by atoms with E-state index in [4.69, 9.17) is 9.47 Å².